The number of thiophene rings is 1. The van der Waals surface area contributed by atoms with E-state index in [1.54, 1.807) is 23.5 Å². The van der Waals surface area contributed by atoms with Crippen molar-refractivity contribution in [1.82, 2.24) is 10.2 Å². The van der Waals surface area contributed by atoms with Crippen molar-refractivity contribution in [3.63, 3.8) is 0 Å². The zero-order valence-electron chi connectivity index (χ0n) is 12.2. The number of benzene rings is 1. The van der Waals surface area contributed by atoms with Crippen LogP contribution in [0, 0.1) is 5.82 Å². The molecule has 112 valence electrons. The quantitative estimate of drug-likeness (QED) is 0.890. The molecule has 1 aromatic carbocycles. The molecule has 0 aliphatic heterocycles. The Balaban J connectivity index is 1.89. The molecule has 0 saturated carbocycles. The normalized spacial score (nSPS) is 12.4. The predicted molar refractivity (Wildman–Crippen MR) is 83.9 cm³/mol. The number of amides is 1. The van der Waals surface area contributed by atoms with Crippen molar-refractivity contribution in [3.8, 4) is 0 Å². The molecular weight excluding hydrogens is 287 g/mol. The molecular formula is C16H19FN2OS. The van der Waals surface area contributed by atoms with Gasteiger partial charge in [0.05, 0.1) is 12.5 Å². The summed E-state index contributed by atoms with van der Waals surface area (Å²) in [6.07, 6.45) is 0.269. The van der Waals surface area contributed by atoms with Gasteiger partial charge < -0.3 is 10.2 Å². The van der Waals surface area contributed by atoms with Crippen LogP contribution in [0.2, 0.25) is 0 Å². The van der Waals surface area contributed by atoms with Gasteiger partial charge in [-0.15, -0.1) is 11.3 Å². The number of nitrogens with one attached hydrogen (secondary N) is 1. The Bertz CT molecular complexity index is 566. The van der Waals surface area contributed by atoms with E-state index in [-0.39, 0.29) is 24.2 Å². The molecule has 1 amide bonds. The minimum absolute atomic E-state index is 0.0509. The second kappa shape index (κ2) is 7.33. The summed E-state index contributed by atoms with van der Waals surface area (Å²) in [6.45, 7) is 0.563. The number of carbonyl (C=O) groups is 1. The number of nitrogens with zero attached hydrogens (tertiary/aromatic N) is 1. The van der Waals surface area contributed by atoms with Crippen LogP contribution in [0.4, 0.5) is 4.39 Å². The van der Waals surface area contributed by atoms with Crippen LogP contribution in [0.25, 0.3) is 0 Å². The third kappa shape index (κ3) is 4.65. The molecule has 0 aliphatic rings. The van der Waals surface area contributed by atoms with Gasteiger partial charge in [0.15, 0.2) is 0 Å². The molecule has 2 aromatic rings. The van der Waals surface area contributed by atoms with E-state index in [4.69, 9.17) is 0 Å². The molecule has 0 unspecified atom stereocenters. The Kier molecular flexibility index (Phi) is 5.47. The highest BCUT2D eigenvalue weighted by Crippen LogP contribution is 2.22. The van der Waals surface area contributed by atoms with Gasteiger partial charge in [-0.2, -0.15) is 0 Å². The molecule has 1 N–H and O–H groups in total. The lowest BCUT2D eigenvalue weighted by Gasteiger charge is -2.23. The van der Waals surface area contributed by atoms with Crippen LogP contribution in [0.5, 0.6) is 0 Å². The van der Waals surface area contributed by atoms with Gasteiger partial charge in [-0.1, -0.05) is 18.2 Å². The van der Waals surface area contributed by atoms with Crippen molar-refractivity contribution in [2.45, 2.75) is 12.5 Å². The number of hydrogen-bond donors (Lipinski definition) is 1. The first-order chi connectivity index (χ1) is 10.1. The SMILES string of the molecule is CN(C)[C@@H](CNC(=O)Cc1ccc(F)cc1)c1cccs1. The average molecular weight is 306 g/mol. The third-order valence-electron chi connectivity index (χ3n) is 3.27. The summed E-state index contributed by atoms with van der Waals surface area (Å²) in [5.74, 6) is -0.338. The fourth-order valence-electron chi connectivity index (χ4n) is 2.08. The topological polar surface area (TPSA) is 32.3 Å². The average Bonchev–Trinajstić information content (AvgIpc) is 2.95. The Morgan fingerprint density at radius 1 is 1.29 bits per heavy atom. The number of halogens is 1. The first kappa shape index (κ1) is 15.7. The van der Waals surface area contributed by atoms with Crippen LogP contribution < -0.4 is 5.32 Å². The van der Waals surface area contributed by atoms with E-state index in [9.17, 15) is 9.18 Å². The van der Waals surface area contributed by atoms with E-state index in [2.05, 4.69) is 16.3 Å². The minimum Gasteiger partial charge on any atom is -0.354 e. The fourth-order valence-corrected chi connectivity index (χ4v) is 3.00. The van der Waals surface area contributed by atoms with E-state index in [1.165, 1.54) is 17.0 Å². The van der Waals surface area contributed by atoms with Gasteiger partial charge in [0.1, 0.15) is 5.82 Å². The van der Waals surface area contributed by atoms with E-state index in [0.717, 1.165) is 5.56 Å². The van der Waals surface area contributed by atoms with Gasteiger partial charge in [-0.3, -0.25) is 4.79 Å². The predicted octanol–water partition coefficient (Wildman–Crippen LogP) is 2.85. The van der Waals surface area contributed by atoms with Gasteiger partial charge in [0.2, 0.25) is 5.91 Å². The maximum Gasteiger partial charge on any atom is 0.224 e. The van der Waals surface area contributed by atoms with E-state index in [0.29, 0.717) is 6.54 Å². The van der Waals surface area contributed by atoms with E-state index in [1.807, 2.05) is 25.5 Å². The van der Waals surface area contributed by atoms with Crippen LogP contribution in [-0.4, -0.2) is 31.4 Å². The zero-order valence-corrected chi connectivity index (χ0v) is 13.0. The highest BCUT2D eigenvalue weighted by Gasteiger charge is 2.16. The van der Waals surface area contributed by atoms with Crippen LogP contribution >= 0.6 is 11.3 Å². The molecule has 0 spiro atoms. The van der Waals surface area contributed by atoms with Crippen LogP contribution in [0.15, 0.2) is 41.8 Å². The monoisotopic (exact) mass is 306 g/mol. The van der Waals surface area contributed by atoms with Crippen LogP contribution in [0.1, 0.15) is 16.5 Å². The lowest BCUT2D eigenvalue weighted by molar-refractivity contribution is -0.120. The standard InChI is InChI=1S/C16H19FN2OS/c1-19(2)14(15-4-3-9-21-15)11-18-16(20)10-12-5-7-13(17)8-6-12/h3-9,14H,10-11H2,1-2H3,(H,18,20)/t14-/m0/s1. The number of rotatable bonds is 6. The second-order valence-electron chi connectivity index (χ2n) is 5.10. The Morgan fingerprint density at radius 3 is 2.57 bits per heavy atom. The van der Waals surface area contributed by atoms with E-state index >= 15 is 0 Å². The molecule has 0 radical (unpaired) electrons. The fraction of sp³-hybridized carbons (Fsp3) is 0.312. The molecule has 0 bridgehead atoms. The number of hydrogen-bond acceptors (Lipinski definition) is 3. The summed E-state index contributed by atoms with van der Waals surface area (Å²) >= 11 is 1.68. The molecule has 0 saturated heterocycles. The highest BCUT2D eigenvalue weighted by atomic mass is 32.1. The summed E-state index contributed by atoms with van der Waals surface area (Å²) in [6, 6.07) is 10.3. The van der Waals surface area contributed by atoms with Gasteiger partial charge >= 0.3 is 0 Å². The molecule has 2 rings (SSSR count). The van der Waals surface area contributed by atoms with Crippen molar-refractivity contribution in [3.05, 3.63) is 58.0 Å². The van der Waals surface area contributed by atoms with Crippen molar-refractivity contribution in [1.29, 1.82) is 0 Å². The van der Waals surface area contributed by atoms with Gasteiger partial charge in [-0.05, 0) is 43.2 Å². The van der Waals surface area contributed by atoms with Gasteiger partial charge in [-0.25, -0.2) is 4.39 Å². The largest absolute Gasteiger partial charge is 0.354 e. The summed E-state index contributed by atoms with van der Waals surface area (Å²) in [5, 5.41) is 4.98. The third-order valence-corrected chi connectivity index (χ3v) is 4.24. The van der Waals surface area contributed by atoms with Crippen LogP contribution in [0.3, 0.4) is 0 Å². The molecule has 0 fully saturated rings. The molecule has 21 heavy (non-hydrogen) atoms. The number of carbonyl (C=O) groups excluding carboxylic acids is 1. The number of likely N-dealkylation sites (N-methyl/N-ethyl adjacent to an activating group) is 1. The second-order valence-corrected chi connectivity index (χ2v) is 6.08. The van der Waals surface area contributed by atoms with Crippen molar-refractivity contribution in [2.75, 3.05) is 20.6 Å². The molecule has 5 heteroatoms. The maximum absolute atomic E-state index is 12.8. The molecule has 1 heterocycles. The Labute approximate surface area is 128 Å². The summed E-state index contributed by atoms with van der Waals surface area (Å²) in [5.41, 5.74) is 0.812. The molecule has 1 aromatic heterocycles. The lowest BCUT2D eigenvalue weighted by Crippen LogP contribution is -2.34. The van der Waals surface area contributed by atoms with Gasteiger partial charge in [0, 0.05) is 11.4 Å². The van der Waals surface area contributed by atoms with Gasteiger partial charge in [0.25, 0.3) is 0 Å². The summed E-state index contributed by atoms with van der Waals surface area (Å²) in [7, 11) is 3.99. The molecule has 1 atom stereocenters. The van der Waals surface area contributed by atoms with Crippen molar-refractivity contribution >= 4 is 17.2 Å². The van der Waals surface area contributed by atoms with Crippen molar-refractivity contribution in [2.24, 2.45) is 0 Å². The van der Waals surface area contributed by atoms with Crippen molar-refractivity contribution < 1.29 is 9.18 Å². The Hall–Kier alpha value is -1.72. The summed E-state index contributed by atoms with van der Waals surface area (Å²) < 4.78 is 12.8. The first-order valence-corrected chi connectivity index (χ1v) is 7.65. The Morgan fingerprint density at radius 2 is 2.00 bits per heavy atom. The lowest BCUT2D eigenvalue weighted by atomic mass is 10.1. The zero-order chi connectivity index (χ0) is 15.2. The smallest absolute Gasteiger partial charge is 0.224 e. The highest BCUT2D eigenvalue weighted by molar-refractivity contribution is 7.10. The maximum atomic E-state index is 12.8. The summed E-state index contributed by atoms with van der Waals surface area (Å²) in [4.78, 5) is 15.3. The molecule has 0 aliphatic carbocycles. The van der Waals surface area contributed by atoms with Crippen LogP contribution in [-0.2, 0) is 11.2 Å². The molecule has 3 nitrogen and oxygen atoms in total. The van der Waals surface area contributed by atoms with E-state index < -0.39 is 0 Å². The minimum atomic E-state index is -0.287. The first-order valence-electron chi connectivity index (χ1n) is 6.77.